The van der Waals surface area contributed by atoms with Gasteiger partial charge in [0.05, 0.1) is 0 Å². The number of guanidine groups is 1. The monoisotopic (exact) mass is 314 g/mol. The number of benzene rings is 1. The van der Waals surface area contributed by atoms with Crippen LogP contribution in [-0.4, -0.2) is 48.5 Å². The Morgan fingerprint density at radius 2 is 2.09 bits per heavy atom. The number of piperidine rings is 1. The molecule has 0 aromatic heterocycles. The van der Waals surface area contributed by atoms with E-state index in [1.54, 1.807) is 0 Å². The van der Waals surface area contributed by atoms with Crippen LogP contribution in [0.1, 0.15) is 37.3 Å². The van der Waals surface area contributed by atoms with Crippen LogP contribution in [-0.2, 0) is 13.0 Å². The van der Waals surface area contributed by atoms with Crippen molar-refractivity contribution in [3.8, 4) is 0 Å². The third-order valence-electron chi connectivity index (χ3n) is 5.10. The van der Waals surface area contributed by atoms with Gasteiger partial charge < -0.3 is 10.6 Å². The van der Waals surface area contributed by atoms with Gasteiger partial charge in [0.2, 0.25) is 0 Å². The second-order valence-electron chi connectivity index (χ2n) is 7.08. The third kappa shape index (κ3) is 4.47. The first kappa shape index (κ1) is 16.3. The van der Waals surface area contributed by atoms with E-state index >= 15 is 0 Å². The smallest absolute Gasteiger partial charge is 0.191 e. The van der Waals surface area contributed by atoms with E-state index in [1.165, 1.54) is 36.9 Å². The maximum atomic E-state index is 6.16. The van der Waals surface area contributed by atoms with Gasteiger partial charge in [0.15, 0.2) is 5.96 Å². The average Bonchev–Trinajstić information content (AvgIpc) is 2.58. The lowest BCUT2D eigenvalue weighted by Gasteiger charge is -2.31. The van der Waals surface area contributed by atoms with E-state index in [2.05, 4.69) is 46.0 Å². The fourth-order valence-corrected chi connectivity index (χ4v) is 3.73. The van der Waals surface area contributed by atoms with Crippen molar-refractivity contribution < 1.29 is 0 Å². The SMILES string of the molecule is CC1CCCN(C(N)=NCCCN2CCc3ccccc3C2)C1. The van der Waals surface area contributed by atoms with E-state index in [4.69, 9.17) is 5.73 Å². The van der Waals surface area contributed by atoms with Crippen molar-refractivity contribution in [3.05, 3.63) is 35.4 Å². The molecule has 126 valence electrons. The Bertz CT molecular complexity index is 540. The number of fused-ring (bicyclic) bond motifs is 1. The summed E-state index contributed by atoms with van der Waals surface area (Å²) in [6.07, 6.45) is 4.82. The minimum absolute atomic E-state index is 0.742. The summed E-state index contributed by atoms with van der Waals surface area (Å²) in [5.74, 6) is 1.49. The van der Waals surface area contributed by atoms with Gasteiger partial charge in [0.1, 0.15) is 0 Å². The summed E-state index contributed by atoms with van der Waals surface area (Å²) in [7, 11) is 0. The molecule has 2 aliphatic heterocycles. The molecular weight excluding hydrogens is 284 g/mol. The highest BCUT2D eigenvalue weighted by molar-refractivity contribution is 5.78. The molecule has 4 nitrogen and oxygen atoms in total. The molecule has 3 rings (SSSR count). The normalized spacial score (nSPS) is 22.9. The first-order valence-corrected chi connectivity index (χ1v) is 9.06. The second kappa shape index (κ2) is 7.82. The van der Waals surface area contributed by atoms with Crippen molar-refractivity contribution in [1.29, 1.82) is 0 Å². The molecule has 0 aliphatic carbocycles. The minimum atomic E-state index is 0.742. The number of nitrogens with zero attached hydrogens (tertiary/aromatic N) is 3. The number of hydrogen-bond acceptors (Lipinski definition) is 2. The van der Waals surface area contributed by atoms with Crippen molar-refractivity contribution in [1.82, 2.24) is 9.80 Å². The summed E-state index contributed by atoms with van der Waals surface area (Å²) in [6, 6.07) is 8.81. The highest BCUT2D eigenvalue weighted by Gasteiger charge is 2.18. The van der Waals surface area contributed by atoms with Gasteiger partial charge in [-0.3, -0.25) is 9.89 Å². The summed E-state index contributed by atoms with van der Waals surface area (Å²) in [4.78, 5) is 9.40. The summed E-state index contributed by atoms with van der Waals surface area (Å²) >= 11 is 0. The molecule has 1 aromatic rings. The van der Waals surface area contributed by atoms with E-state index in [9.17, 15) is 0 Å². The molecule has 23 heavy (non-hydrogen) atoms. The summed E-state index contributed by atoms with van der Waals surface area (Å²) < 4.78 is 0. The van der Waals surface area contributed by atoms with Gasteiger partial charge >= 0.3 is 0 Å². The molecule has 0 spiro atoms. The molecule has 0 radical (unpaired) electrons. The lowest BCUT2D eigenvalue weighted by Crippen LogP contribution is -2.43. The fraction of sp³-hybridized carbons (Fsp3) is 0.632. The van der Waals surface area contributed by atoms with Gasteiger partial charge in [-0.2, -0.15) is 0 Å². The van der Waals surface area contributed by atoms with Crippen LogP contribution < -0.4 is 5.73 Å². The second-order valence-corrected chi connectivity index (χ2v) is 7.08. The topological polar surface area (TPSA) is 44.9 Å². The molecule has 1 aromatic carbocycles. The van der Waals surface area contributed by atoms with Crippen LogP contribution in [0, 0.1) is 5.92 Å². The zero-order valence-corrected chi connectivity index (χ0v) is 14.4. The standard InChI is InChI=1S/C19H30N4/c1-16-6-4-12-23(14-16)19(20)21-10-5-11-22-13-9-17-7-2-3-8-18(17)15-22/h2-3,7-8,16H,4-6,9-15H2,1H3,(H2,20,21). The molecule has 0 saturated carbocycles. The van der Waals surface area contributed by atoms with E-state index in [-0.39, 0.29) is 0 Å². The van der Waals surface area contributed by atoms with E-state index < -0.39 is 0 Å². The fourth-order valence-electron chi connectivity index (χ4n) is 3.73. The minimum Gasteiger partial charge on any atom is -0.370 e. The molecule has 1 saturated heterocycles. The summed E-state index contributed by atoms with van der Waals surface area (Å²) in [6.45, 7) is 8.64. The van der Waals surface area contributed by atoms with Crippen molar-refractivity contribution in [2.24, 2.45) is 16.6 Å². The summed E-state index contributed by atoms with van der Waals surface area (Å²) in [5.41, 5.74) is 9.16. The Labute approximate surface area is 140 Å². The van der Waals surface area contributed by atoms with Crippen molar-refractivity contribution in [2.75, 3.05) is 32.7 Å². The predicted octanol–water partition coefficient (Wildman–Crippen LogP) is 2.48. The number of likely N-dealkylation sites (tertiary alicyclic amines) is 1. The van der Waals surface area contributed by atoms with E-state index in [0.29, 0.717) is 0 Å². The van der Waals surface area contributed by atoms with Crippen LogP contribution in [0.3, 0.4) is 0 Å². The van der Waals surface area contributed by atoms with Crippen LogP contribution in [0.4, 0.5) is 0 Å². The van der Waals surface area contributed by atoms with E-state index in [1.807, 2.05) is 0 Å². The van der Waals surface area contributed by atoms with Gasteiger partial charge in [0, 0.05) is 39.3 Å². The molecule has 1 atom stereocenters. The molecule has 4 heteroatoms. The van der Waals surface area contributed by atoms with Crippen LogP contribution in [0.25, 0.3) is 0 Å². The van der Waals surface area contributed by atoms with Gasteiger partial charge in [-0.15, -0.1) is 0 Å². The zero-order chi connectivity index (χ0) is 16.1. The quantitative estimate of drug-likeness (QED) is 0.527. The Kier molecular flexibility index (Phi) is 5.55. The van der Waals surface area contributed by atoms with Gasteiger partial charge in [-0.1, -0.05) is 31.2 Å². The lowest BCUT2D eigenvalue weighted by atomic mass is 10.00. The number of hydrogen-bond donors (Lipinski definition) is 1. The van der Waals surface area contributed by atoms with Crippen LogP contribution in [0.2, 0.25) is 0 Å². The molecule has 2 N–H and O–H groups in total. The Morgan fingerprint density at radius 1 is 1.26 bits per heavy atom. The predicted molar refractivity (Wildman–Crippen MR) is 96.5 cm³/mol. The average molecular weight is 314 g/mol. The van der Waals surface area contributed by atoms with E-state index in [0.717, 1.165) is 51.0 Å². The Morgan fingerprint density at radius 3 is 2.91 bits per heavy atom. The highest BCUT2D eigenvalue weighted by atomic mass is 15.3. The number of rotatable bonds is 4. The molecular formula is C19H30N4. The van der Waals surface area contributed by atoms with Gasteiger partial charge in [-0.25, -0.2) is 0 Å². The third-order valence-corrected chi connectivity index (χ3v) is 5.10. The number of aliphatic imine (C=N–C) groups is 1. The van der Waals surface area contributed by atoms with Crippen molar-refractivity contribution in [2.45, 2.75) is 39.2 Å². The molecule has 2 heterocycles. The van der Waals surface area contributed by atoms with Crippen LogP contribution in [0.5, 0.6) is 0 Å². The van der Waals surface area contributed by atoms with Gasteiger partial charge in [0.25, 0.3) is 0 Å². The van der Waals surface area contributed by atoms with Gasteiger partial charge in [-0.05, 0) is 42.7 Å². The van der Waals surface area contributed by atoms with Crippen molar-refractivity contribution >= 4 is 5.96 Å². The van der Waals surface area contributed by atoms with Crippen LogP contribution >= 0.6 is 0 Å². The zero-order valence-electron chi connectivity index (χ0n) is 14.4. The maximum Gasteiger partial charge on any atom is 0.191 e. The molecule has 0 bridgehead atoms. The summed E-state index contributed by atoms with van der Waals surface area (Å²) in [5, 5.41) is 0. The van der Waals surface area contributed by atoms with Crippen molar-refractivity contribution in [3.63, 3.8) is 0 Å². The van der Waals surface area contributed by atoms with Crippen LogP contribution in [0.15, 0.2) is 29.3 Å². The first-order chi connectivity index (χ1) is 11.2. The largest absolute Gasteiger partial charge is 0.370 e. The molecule has 1 unspecified atom stereocenters. The number of nitrogens with two attached hydrogens (primary N) is 1. The molecule has 2 aliphatic rings. The lowest BCUT2D eigenvalue weighted by molar-refractivity contribution is 0.251. The highest BCUT2D eigenvalue weighted by Crippen LogP contribution is 2.18. The molecule has 0 amide bonds. The first-order valence-electron chi connectivity index (χ1n) is 9.06. The molecule has 1 fully saturated rings. The Hall–Kier alpha value is -1.55. The maximum absolute atomic E-state index is 6.16. The Balaban J connectivity index is 1.41.